The molecule has 5 heteroatoms. The molecule has 0 fully saturated rings. The highest BCUT2D eigenvalue weighted by Crippen LogP contribution is 2.12. The molecule has 0 aliphatic carbocycles. The maximum atomic E-state index is 11.6. The predicted molar refractivity (Wildman–Crippen MR) is 96.8 cm³/mol. The summed E-state index contributed by atoms with van der Waals surface area (Å²) in [6.07, 6.45) is 11.3. The van der Waals surface area contributed by atoms with Crippen molar-refractivity contribution in [2.45, 2.75) is 90.6 Å². The fourth-order valence-electron chi connectivity index (χ4n) is 2.34. The average molecular weight is 393 g/mol. The van der Waals surface area contributed by atoms with E-state index in [2.05, 4.69) is 15.9 Å². The van der Waals surface area contributed by atoms with E-state index in [0.29, 0.717) is 13.0 Å². The van der Waals surface area contributed by atoms with Gasteiger partial charge in [0.1, 0.15) is 0 Å². The van der Waals surface area contributed by atoms with Crippen LogP contribution in [-0.4, -0.2) is 30.0 Å². The summed E-state index contributed by atoms with van der Waals surface area (Å²) < 4.78 is 10.3. The first-order valence-electron chi connectivity index (χ1n) is 8.95. The van der Waals surface area contributed by atoms with Crippen molar-refractivity contribution in [2.24, 2.45) is 0 Å². The van der Waals surface area contributed by atoms with Crippen LogP contribution in [0.1, 0.15) is 84.5 Å². The minimum atomic E-state index is -0.198. The third kappa shape index (κ3) is 17.6. The lowest BCUT2D eigenvalue weighted by molar-refractivity contribution is -0.148. The average Bonchev–Trinajstić information content (AvgIpc) is 2.49. The molecule has 136 valence electrons. The van der Waals surface area contributed by atoms with Crippen molar-refractivity contribution in [2.75, 3.05) is 11.9 Å². The van der Waals surface area contributed by atoms with Gasteiger partial charge < -0.3 is 9.47 Å². The normalized spacial score (nSPS) is 12.0. The van der Waals surface area contributed by atoms with Gasteiger partial charge in [0.05, 0.1) is 12.7 Å². The molecule has 0 amide bonds. The number of alkyl halides is 1. The van der Waals surface area contributed by atoms with Gasteiger partial charge in [-0.3, -0.25) is 9.59 Å². The van der Waals surface area contributed by atoms with E-state index in [1.54, 1.807) is 0 Å². The molecule has 0 aliphatic rings. The zero-order valence-corrected chi connectivity index (χ0v) is 16.4. The number of carbonyl (C=O) groups is 2. The van der Waals surface area contributed by atoms with E-state index >= 15 is 0 Å². The maximum Gasteiger partial charge on any atom is 0.306 e. The van der Waals surface area contributed by atoms with E-state index in [1.165, 1.54) is 26.2 Å². The van der Waals surface area contributed by atoms with Crippen molar-refractivity contribution in [1.29, 1.82) is 0 Å². The van der Waals surface area contributed by atoms with Crippen LogP contribution in [0.5, 0.6) is 0 Å². The van der Waals surface area contributed by atoms with Gasteiger partial charge in [-0.15, -0.1) is 0 Å². The molecule has 4 nitrogen and oxygen atoms in total. The number of carbonyl (C=O) groups excluding carboxylic acids is 2. The summed E-state index contributed by atoms with van der Waals surface area (Å²) in [5.41, 5.74) is 0. The van der Waals surface area contributed by atoms with Crippen LogP contribution in [0.15, 0.2) is 0 Å². The lowest BCUT2D eigenvalue weighted by Crippen LogP contribution is -2.14. The Bertz CT molecular complexity index is 307. The molecule has 1 unspecified atom stereocenters. The molecule has 23 heavy (non-hydrogen) atoms. The molecular formula is C18H33BrO4. The SMILES string of the molecule is CC(=O)OCCCCCCCCC(C)OC(=O)CCCCCBr. The first-order valence-corrected chi connectivity index (χ1v) is 10.1. The zero-order chi connectivity index (χ0) is 17.3. The highest BCUT2D eigenvalue weighted by atomic mass is 79.9. The van der Waals surface area contributed by atoms with Gasteiger partial charge in [-0.2, -0.15) is 0 Å². The van der Waals surface area contributed by atoms with E-state index in [0.717, 1.165) is 50.3 Å². The number of hydrogen-bond acceptors (Lipinski definition) is 4. The Morgan fingerprint density at radius 2 is 1.52 bits per heavy atom. The molecule has 0 saturated heterocycles. The van der Waals surface area contributed by atoms with Crippen molar-refractivity contribution < 1.29 is 19.1 Å². The Balaban J connectivity index is 3.34. The van der Waals surface area contributed by atoms with E-state index < -0.39 is 0 Å². The van der Waals surface area contributed by atoms with E-state index in [4.69, 9.17) is 9.47 Å². The van der Waals surface area contributed by atoms with Crippen molar-refractivity contribution >= 4 is 27.9 Å². The molecule has 0 aromatic heterocycles. The second-order valence-corrected chi connectivity index (χ2v) is 6.84. The predicted octanol–water partition coefficient (Wildman–Crippen LogP) is 5.17. The molecule has 0 radical (unpaired) electrons. The topological polar surface area (TPSA) is 52.6 Å². The van der Waals surface area contributed by atoms with Gasteiger partial charge in [0, 0.05) is 18.7 Å². The molecule has 0 N–H and O–H groups in total. The second-order valence-electron chi connectivity index (χ2n) is 6.05. The number of unbranched alkanes of at least 4 members (excludes halogenated alkanes) is 7. The lowest BCUT2D eigenvalue weighted by atomic mass is 10.1. The molecule has 0 saturated carbocycles. The second kappa shape index (κ2) is 16.3. The van der Waals surface area contributed by atoms with E-state index in [9.17, 15) is 9.59 Å². The molecule has 0 bridgehead atoms. The third-order valence-electron chi connectivity index (χ3n) is 3.66. The first kappa shape index (κ1) is 22.4. The van der Waals surface area contributed by atoms with E-state index in [1.807, 2.05) is 6.92 Å². The van der Waals surface area contributed by atoms with Gasteiger partial charge in [0.25, 0.3) is 0 Å². The van der Waals surface area contributed by atoms with Crippen LogP contribution in [0.25, 0.3) is 0 Å². The van der Waals surface area contributed by atoms with Crippen LogP contribution in [-0.2, 0) is 19.1 Å². The molecular weight excluding hydrogens is 360 g/mol. The van der Waals surface area contributed by atoms with Gasteiger partial charge in [0.15, 0.2) is 0 Å². The molecule has 0 heterocycles. The van der Waals surface area contributed by atoms with Crippen LogP contribution in [0.2, 0.25) is 0 Å². The largest absolute Gasteiger partial charge is 0.466 e. The van der Waals surface area contributed by atoms with E-state index in [-0.39, 0.29) is 18.0 Å². The number of halogens is 1. The van der Waals surface area contributed by atoms with Crippen molar-refractivity contribution in [1.82, 2.24) is 0 Å². The van der Waals surface area contributed by atoms with Gasteiger partial charge >= 0.3 is 11.9 Å². The van der Waals surface area contributed by atoms with Crippen LogP contribution in [0, 0.1) is 0 Å². The quantitative estimate of drug-likeness (QED) is 0.219. The molecule has 0 aliphatic heterocycles. The zero-order valence-electron chi connectivity index (χ0n) is 14.8. The number of esters is 2. The Kier molecular flexibility index (Phi) is 15.9. The van der Waals surface area contributed by atoms with Crippen LogP contribution in [0.3, 0.4) is 0 Å². The Hall–Kier alpha value is -0.580. The molecule has 0 aromatic carbocycles. The van der Waals surface area contributed by atoms with Crippen molar-refractivity contribution in [3.05, 3.63) is 0 Å². The third-order valence-corrected chi connectivity index (χ3v) is 4.22. The summed E-state index contributed by atoms with van der Waals surface area (Å²) in [5.74, 6) is -0.255. The first-order chi connectivity index (χ1) is 11.1. The molecule has 0 spiro atoms. The smallest absolute Gasteiger partial charge is 0.306 e. The minimum Gasteiger partial charge on any atom is -0.466 e. The molecule has 0 aromatic rings. The number of hydrogen-bond donors (Lipinski definition) is 0. The lowest BCUT2D eigenvalue weighted by Gasteiger charge is -2.13. The summed E-state index contributed by atoms with van der Waals surface area (Å²) in [5, 5.41) is 1.00. The Morgan fingerprint density at radius 1 is 0.913 bits per heavy atom. The van der Waals surface area contributed by atoms with Crippen LogP contribution in [0.4, 0.5) is 0 Å². The van der Waals surface area contributed by atoms with Crippen LogP contribution >= 0.6 is 15.9 Å². The fourth-order valence-corrected chi connectivity index (χ4v) is 2.74. The minimum absolute atomic E-state index is 0.0302. The Morgan fingerprint density at radius 3 is 2.17 bits per heavy atom. The Labute approximate surface area is 149 Å². The summed E-state index contributed by atoms with van der Waals surface area (Å²) in [4.78, 5) is 22.2. The van der Waals surface area contributed by atoms with Gasteiger partial charge in [-0.1, -0.05) is 48.0 Å². The summed E-state index contributed by atoms with van der Waals surface area (Å²) in [7, 11) is 0. The standard InChI is InChI=1S/C18H33BrO4/c1-16(23-18(21)13-9-7-10-14-19)12-8-5-3-4-6-11-15-22-17(2)20/h16H,3-15H2,1-2H3. The monoisotopic (exact) mass is 392 g/mol. The van der Waals surface area contributed by atoms with Crippen molar-refractivity contribution in [3.63, 3.8) is 0 Å². The summed E-state index contributed by atoms with van der Waals surface area (Å²) in [6, 6.07) is 0. The number of rotatable bonds is 15. The summed E-state index contributed by atoms with van der Waals surface area (Å²) in [6.45, 7) is 3.96. The van der Waals surface area contributed by atoms with Gasteiger partial charge in [0.2, 0.25) is 0 Å². The molecule has 0 rings (SSSR count). The maximum absolute atomic E-state index is 11.6. The van der Waals surface area contributed by atoms with Crippen molar-refractivity contribution in [3.8, 4) is 0 Å². The fraction of sp³-hybridized carbons (Fsp3) is 0.889. The molecule has 1 atom stereocenters. The number of ether oxygens (including phenoxy) is 2. The van der Waals surface area contributed by atoms with Gasteiger partial charge in [-0.25, -0.2) is 0 Å². The van der Waals surface area contributed by atoms with Crippen LogP contribution < -0.4 is 0 Å². The summed E-state index contributed by atoms with van der Waals surface area (Å²) >= 11 is 3.39. The highest BCUT2D eigenvalue weighted by molar-refractivity contribution is 9.09. The van der Waals surface area contributed by atoms with Gasteiger partial charge in [-0.05, 0) is 39.0 Å². The highest BCUT2D eigenvalue weighted by Gasteiger charge is 2.08.